The number of nitrogens with zero attached hydrogens (tertiary/aromatic N) is 2. The summed E-state index contributed by atoms with van der Waals surface area (Å²) >= 11 is 7.11. The summed E-state index contributed by atoms with van der Waals surface area (Å²) in [6, 6.07) is 12.9. The van der Waals surface area contributed by atoms with Crippen LogP contribution in [-0.2, 0) is 0 Å². The second kappa shape index (κ2) is 7.42. The minimum absolute atomic E-state index is 0.00665. The molecule has 3 aromatic rings. The predicted octanol–water partition coefficient (Wildman–Crippen LogP) is 5.37. The van der Waals surface area contributed by atoms with Crippen LogP contribution in [0.15, 0.2) is 52.1 Å². The molecule has 0 bridgehead atoms. The summed E-state index contributed by atoms with van der Waals surface area (Å²) in [6.07, 6.45) is 0. The molecule has 2 aromatic carbocycles. The Morgan fingerprint density at radius 2 is 1.72 bits per heavy atom. The van der Waals surface area contributed by atoms with Gasteiger partial charge in [-0.15, -0.1) is 10.2 Å². The molecule has 0 fully saturated rings. The molecule has 0 spiro atoms. The molecule has 0 unspecified atom stereocenters. The second-order valence-corrected chi connectivity index (χ2v) is 7.61. The number of benzene rings is 2. The van der Waals surface area contributed by atoms with E-state index in [1.807, 2.05) is 32.9 Å². The molecule has 1 aromatic heterocycles. The largest absolute Gasteiger partial charge is 0.411 e. The maximum Gasteiger partial charge on any atom is 0.277 e. The summed E-state index contributed by atoms with van der Waals surface area (Å²) in [5, 5.41) is 8.80. The van der Waals surface area contributed by atoms with Gasteiger partial charge in [-0.05, 0) is 57.2 Å². The topological polar surface area (TPSA) is 56.0 Å². The molecule has 4 nitrogen and oxygen atoms in total. The summed E-state index contributed by atoms with van der Waals surface area (Å²) < 4.78 is 5.72. The quantitative estimate of drug-likeness (QED) is 0.445. The molecule has 3 rings (SSSR count). The average molecular weight is 373 g/mol. The third-order valence-electron chi connectivity index (χ3n) is 3.65. The van der Waals surface area contributed by atoms with Gasteiger partial charge in [-0.2, -0.15) is 0 Å². The Bertz CT molecular complexity index is 886. The molecular formula is C19H17ClN2O2S. The Balaban J connectivity index is 1.74. The fourth-order valence-electron chi connectivity index (χ4n) is 2.53. The van der Waals surface area contributed by atoms with Crippen molar-refractivity contribution in [3.63, 3.8) is 0 Å². The van der Waals surface area contributed by atoms with Gasteiger partial charge in [0.2, 0.25) is 5.89 Å². The van der Waals surface area contributed by atoms with Crippen molar-refractivity contribution in [1.29, 1.82) is 0 Å². The SMILES string of the molecule is Cc1cc(C)cc(-c2nnc(S[C@H](C)C(=O)c3ccc(Cl)cc3)o2)c1. The van der Waals surface area contributed by atoms with Gasteiger partial charge in [0.25, 0.3) is 5.22 Å². The maximum atomic E-state index is 12.5. The number of carbonyl (C=O) groups is 1. The van der Waals surface area contributed by atoms with E-state index in [4.69, 9.17) is 16.0 Å². The normalized spacial score (nSPS) is 12.2. The van der Waals surface area contributed by atoms with E-state index in [9.17, 15) is 4.79 Å². The molecule has 6 heteroatoms. The first-order valence-electron chi connectivity index (χ1n) is 7.81. The number of rotatable bonds is 5. The van der Waals surface area contributed by atoms with E-state index in [2.05, 4.69) is 16.3 Å². The number of aryl methyl sites for hydroxylation is 2. The van der Waals surface area contributed by atoms with E-state index in [1.165, 1.54) is 11.8 Å². The Morgan fingerprint density at radius 1 is 1.08 bits per heavy atom. The molecule has 1 atom stereocenters. The van der Waals surface area contributed by atoms with E-state index in [-0.39, 0.29) is 11.0 Å². The lowest BCUT2D eigenvalue weighted by molar-refractivity contribution is 0.0993. The maximum absolute atomic E-state index is 12.5. The lowest BCUT2D eigenvalue weighted by atomic mass is 10.1. The van der Waals surface area contributed by atoms with E-state index in [1.54, 1.807) is 24.3 Å². The molecule has 0 amide bonds. The lowest BCUT2D eigenvalue weighted by Gasteiger charge is -2.07. The first kappa shape index (κ1) is 17.7. The monoisotopic (exact) mass is 372 g/mol. The van der Waals surface area contributed by atoms with Crippen molar-refractivity contribution in [3.8, 4) is 11.5 Å². The van der Waals surface area contributed by atoms with Gasteiger partial charge in [-0.25, -0.2) is 0 Å². The number of halogens is 1. The van der Waals surface area contributed by atoms with Gasteiger partial charge in [0.05, 0.1) is 5.25 Å². The van der Waals surface area contributed by atoms with Crippen molar-refractivity contribution >= 4 is 29.1 Å². The Labute approximate surface area is 155 Å². The molecule has 0 saturated carbocycles. The first-order chi connectivity index (χ1) is 11.9. The third-order valence-corrected chi connectivity index (χ3v) is 4.84. The fraction of sp³-hybridized carbons (Fsp3) is 0.211. The molecule has 0 aliphatic rings. The number of ketones is 1. The molecule has 0 saturated heterocycles. The van der Waals surface area contributed by atoms with Crippen LogP contribution in [0.1, 0.15) is 28.4 Å². The Hall–Kier alpha value is -2.11. The van der Waals surface area contributed by atoms with E-state index in [0.717, 1.165) is 16.7 Å². The van der Waals surface area contributed by atoms with Gasteiger partial charge in [0, 0.05) is 16.1 Å². The van der Waals surface area contributed by atoms with Crippen LogP contribution >= 0.6 is 23.4 Å². The van der Waals surface area contributed by atoms with Crippen LogP contribution in [0, 0.1) is 13.8 Å². The van der Waals surface area contributed by atoms with E-state index < -0.39 is 0 Å². The summed E-state index contributed by atoms with van der Waals surface area (Å²) in [6.45, 7) is 5.87. The summed E-state index contributed by atoms with van der Waals surface area (Å²) in [4.78, 5) is 12.5. The molecule has 128 valence electrons. The van der Waals surface area contributed by atoms with Crippen LogP contribution in [0.5, 0.6) is 0 Å². The minimum atomic E-state index is -0.339. The van der Waals surface area contributed by atoms with Crippen LogP contribution < -0.4 is 0 Å². The lowest BCUT2D eigenvalue weighted by Crippen LogP contribution is -2.13. The molecule has 0 radical (unpaired) electrons. The van der Waals surface area contributed by atoms with Crippen molar-refractivity contribution in [2.24, 2.45) is 0 Å². The highest BCUT2D eigenvalue weighted by Gasteiger charge is 2.20. The highest BCUT2D eigenvalue weighted by molar-refractivity contribution is 8.00. The van der Waals surface area contributed by atoms with Crippen molar-refractivity contribution in [2.75, 3.05) is 0 Å². The van der Waals surface area contributed by atoms with Gasteiger partial charge in [-0.3, -0.25) is 4.79 Å². The zero-order valence-electron chi connectivity index (χ0n) is 14.1. The number of carbonyl (C=O) groups excluding carboxylic acids is 1. The highest BCUT2D eigenvalue weighted by Crippen LogP contribution is 2.28. The fourth-order valence-corrected chi connectivity index (χ4v) is 3.41. The minimum Gasteiger partial charge on any atom is -0.411 e. The predicted molar refractivity (Wildman–Crippen MR) is 100 cm³/mol. The molecule has 0 aliphatic carbocycles. The van der Waals surface area contributed by atoms with Crippen molar-refractivity contribution < 1.29 is 9.21 Å². The average Bonchev–Trinajstić information content (AvgIpc) is 3.02. The Kier molecular flexibility index (Phi) is 5.25. The van der Waals surface area contributed by atoms with E-state index in [0.29, 0.717) is 21.7 Å². The summed E-state index contributed by atoms with van der Waals surface area (Å²) in [7, 11) is 0. The van der Waals surface area contributed by atoms with Gasteiger partial charge in [0.15, 0.2) is 5.78 Å². The van der Waals surface area contributed by atoms with Crippen molar-refractivity contribution in [3.05, 3.63) is 64.2 Å². The smallest absolute Gasteiger partial charge is 0.277 e. The van der Waals surface area contributed by atoms with E-state index >= 15 is 0 Å². The number of aromatic nitrogens is 2. The zero-order valence-corrected chi connectivity index (χ0v) is 15.7. The van der Waals surface area contributed by atoms with Crippen LogP contribution in [0.3, 0.4) is 0 Å². The standard InChI is InChI=1S/C19H17ClN2O2S/c1-11-8-12(2)10-15(9-11)18-21-22-19(24-18)25-13(3)17(23)14-4-6-16(20)7-5-14/h4-10,13H,1-3H3/t13-/m1/s1. The van der Waals surface area contributed by atoms with Crippen LogP contribution in [0.4, 0.5) is 0 Å². The summed E-state index contributed by atoms with van der Waals surface area (Å²) in [5.41, 5.74) is 3.76. The van der Waals surface area contributed by atoms with Gasteiger partial charge in [-0.1, -0.05) is 40.6 Å². The summed E-state index contributed by atoms with van der Waals surface area (Å²) in [5.74, 6) is 0.452. The van der Waals surface area contributed by atoms with Gasteiger partial charge in [0.1, 0.15) is 0 Å². The van der Waals surface area contributed by atoms with Crippen LogP contribution in [0.25, 0.3) is 11.5 Å². The van der Waals surface area contributed by atoms with Crippen LogP contribution in [0.2, 0.25) is 5.02 Å². The van der Waals surface area contributed by atoms with Crippen molar-refractivity contribution in [2.45, 2.75) is 31.2 Å². The number of hydrogen-bond donors (Lipinski definition) is 0. The zero-order chi connectivity index (χ0) is 18.0. The van der Waals surface area contributed by atoms with Crippen molar-refractivity contribution in [1.82, 2.24) is 10.2 Å². The van der Waals surface area contributed by atoms with Gasteiger partial charge < -0.3 is 4.42 Å². The molecule has 0 aliphatic heterocycles. The third kappa shape index (κ3) is 4.30. The number of hydrogen-bond acceptors (Lipinski definition) is 5. The highest BCUT2D eigenvalue weighted by atomic mass is 35.5. The molecule has 0 N–H and O–H groups in total. The van der Waals surface area contributed by atoms with Crippen LogP contribution in [-0.4, -0.2) is 21.2 Å². The Morgan fingerprint density at radius 3 is 2.36 bits per heavy atom. The molecule has 25 heavy (non-hydrogen) atoms. The number of thioether (sulfide) groups is 1. The van der Waals surface area contributed by atoms with Gasteiger partial charge >= 0.3 is 0 Å². The molecular weight excluding hydrogens is 356 g/mol. The first-order valence-corrected chi connectivity index (χ1v) is 9.07. The molecule has 1 heterocycles. The number of Topliss-reactive ketones (excluding diaryl/α,β-unsaturated/α-hetero) is 1. The second-order valence-electron chi connectivity index (χ2n) is 5.88.